The standard InChI is InChI=1S/C14H26N4O/c1-6-11(5)8-18(7-2)13-12(15)14(17-9-16-13)19-10(3)4/h9-11H,6-8,15H2,1-5H3. The number of hydrogen-bond acceptors (Lipinski definition) is 5. The van der Waals surface area contributed by atoms with Crippen LogP contribution < -0.4 is 15.4 Å². The largest absolute Gasteiger partial charge is 0.473 e. The van der Waals surface area contributed by atoms with Crippen LogP contribution in [-0.2, 0) is 0 Å². The van der Waals surface area contributed by atoms with Crippen molar-refractivity contribution >= 4 is 11.5 Å². The topological polar surface area (TPSA) is 64.3 Å². The predicted octanol–water partition coefficient (Wildman–Crippen LogP) is 2.72. The molecule has 2 N–H and O–H groups in total. The molecule has 0 aliphatic carbocycles. The van der Waals surface area contributed by atoms with E-state index < -0.39 is 0 Å². The van der Waals surface area contributed by atoms with E-state index in [4.69, 9.17) is 10.5 Å². The third kappa shape index (κ3) is 4.26. The zero-order chi connectivity index (χ0) is 14.4. The number of nitrogens with two attached hydrogens (primary N) is 1. The summed E-state index contributed by atoms with van der Waals surface area (Å²) < 4.78 is 5.61. The highest BCUT2D eigenvalue weighted by Crippen LogP contribution is 2.29. The van der Waals surface area contributed by atoms with Crippen molar-refractivity contribution in [1.82, 2.24) is 9.97 Å². The van der Waals surface area contributed by atoms with Crippen molar-refractivity contribution in [3.05, 3.63) is 6.33 Å². The van der Waals surface area contributed by atoms with Gasteiger partial charge in [0.15, 0.2) is 5.82 Å². The van der Waals surface area contributed by atoms with Gasteiger partial charge in [-0.2, -0.15) is 4.98 Å². The molecule has 0 saturated carbocycles. The van der Waals surface area contributed by atoms with Gasteiger partial charge in [-0.05, 0) is 26.7 Å². The minimum absolute atomic E-state index is 0.0506. The lowest BCUT2D eigenvalue weighted by Crippen LogP contribution is -2.30. The molecule has 0 fully saturated rings. The van der Waals surface area contributed by atoms with Crippen LogP contribution in [0.15, 0.2) is 6.33 Å². The second-order valence-electron chi connectivity index (χ2n) is 5.13. The fraction of sp³-hybridized carbons (Fsp3) is 0.714. The number of anilines is 2. The minimum atomic E-state index is 0.0506. The van der Waals surface area contributed by atoms with Gasteiger partial charge < -0.3 is 15.4 Å². The molecular formula is C14H26N4O. The van der Waals surface area contributed by atoms with Crippen molar-refractivity contribution in [2.24, 2.45) is 5.92 Å². The second kappa shape index (κ2) is 7.16. The summed E-state index contributed by atoms with van der Waals surface area (Å²) in [4.78, 5) is 10.6. The van der Waals surface area contributed by atoms with Crippen molar-refractivity contribution in [2.75, 3.05) is 23.7 Å². The van der Waals surface area contributed by atoms with E-state index in [0.29, 0.717) is 17.5 Å². The first-order chi connectivity index (χ1) is 8.99. The lowest BCUT2D eigenvalue weighted by atomic mass is 10.1. The summed E-state index contributed by atoms with van der Waals surface area (Å²) in [7, 11) is 0. The Morgan fingerprint density at radius 2 is 1.95 bits per heavy atom. The Bertz CT molecular complexity index is 395. The summed E-state index contributed by atoms with van der Waals surface area (Å²) >= 11 is 0. The van der Waals surface area contributed by atoms with Crippen LogP contribution in [0, 0.1) is 5.92 Å². The number of ether oxygens (including phenoxy) is 1. The molecule has 0 radical (unpaired) electrons. The third-order valence-corrected chi connectivity index (χ3v) is 3.08. The fourth-order valence-corrected chi connectivity index (χ4v) is 1.81. The van der Waals surface area contributed by atoms with Crippen LogP contribution in [0.4, 0.5) is 11.5 Å². The Morgan fingerprint density at radius 3 is 2.47 bits per heavy atom. The van der Waals surface area contributed by atoms with Crippen LogP contribution in [0.5, 0.6) is 5.88 Å². The molecule has 0 amide bonds. The van der Waals surface area contributed by atoms with E-state index in [-0.39, 0.29) is 6.10 Å². The minimum Gasteiger partial charge on any atom is -0.473 e. The zero-order valence-corrected chi connectivity index (χ0v) is 12.7. The van der Waals surface area contributed by atoms with Crippen LogP contribution in [0.3, 0.4) is 0 Å². The summed E-state index contributed by atoms with van der Waals surface area (Å²) in [5, 5.41) is 0. The number of rotatable bonds is 7. The second-order valence-corrected chi connectivity index (χ2v) is 5.13. The van der Waals surface area contributed by atoms with Crippen LogP contribution >= 0.6 is 0 Å². The third-order valence-electron chi connectivity index (χ3n) is 3.08. The lowest BCUT2D eigenvalue weighted by Gasteiger charge is -2.26. The van der Waals surface area contributed by atoms with E-state index in [1.54, 1.807) is 0 Å². The Kier molecular flexibility index (Phi) is 5.86. The molecule has 0 spiro atoms. The zero-order valence-electron chi connectivity index (χ0n) is 12.7. The number of aromatic nitrogens is 2. The molecule has 0 bridgehead atoms. The first-order valence-corrected chi connectivity index (χ1v) is 7.01. The Labute approximate surface area is 116 Å². The molecule has 1 aromatic heterocycles. The average Bonchev–Trinajstić information content (AvgIpc) is 2.38. The number of nitrogen functional groups attached to an aromatic ring is 1. The number of nitrogens with zero attached hydrogens (tertiary/aromatic N) is 3. The Balaban J connectivity index is 2.97. The molecule has 5 nitrogen and oxygen atoms in total. The van der Waals surface area contributed by atoms with Gasteiger partial charge in [0.1, 0.15) is 12.0 Å². The van der Waals surface area contributed by atoms with Crippen LogP contribution in [0.1, 0.15) is 41.0 Å². The monoisotopic (exact) mass is 266 g/mol. The quantitative estimate of drug-likeness (QED) is 0.822. The first-order valence-electron chi connectivity index (χ1n) is 7.01. The van der Waals surface area contributed by atoms with Crippen molar-refractivity contribution in [3.8, 4) is 5.88 Å². The van der Waals surface area contributed by atoms with E-state index in [9.17, 15) is 0 Å². The molecule has 1 atom stereocenters. The molecule has 108 valence electrons. The van der Waals surface area contributed by atoms with E-state index in [1.165, 1.54) is 6.33 Å². The summed E-state index contributed by atoms with van der Waals surface area (Å²) in [6.45, 7) is 12.2. The van der Waals surface area contributed by atoms with Gasteiger partial charge in [-0.25, -0.2) is 4.98 Å². The molecule has 1 aromatic rings. The molecule has 5 heteroatoms. The molecule has 1 heterocycles. The van der Waals surface area contributed by atoms with Gasteiger partial charge in [0, 0.05) is 13.1 Å². The summed E-state index contributed by atoms with van der Waals surface area (Å²) in [5.41, 5.74) is 6.66. The van der Waals surface area contributed by atoms with Gasteiger partial charge in [0.2, 0.25) is 5.88 Å². The van der Waals surface area contributed by atoms with E-state index in [1.807, 2.05) is 13.8 Å². The molecule has 19 heavy (non-hydrogen) atoms. The fourth-order valence-electron chi connectivity index (χ4n) is 1.81. The van der Waals surface area contributed by atoms with E-state index >= 15 is 0 Å². The van der Waals surface area contributed by atoms with Gasteiger partial charge in [-0.15, -0.1) is 0 Å². The van der Waals surface area contributed by atoms with Crippen molar-refractivity contribution in [2.45, 2.75) is 47.1 Å². The average molecular weight is 266 g/mol. The molecule has 0 aliphatic rings. The Hall–Kier alpha value is -1.52. The van der Waals surface area contributed by atoms with Gasteiger partial charge in [0.05, 0.1) is 6.10 Å². The van der Waals surface area contributed by atoms with E-state index in [0.717, 1.165) is 25.3 Å². The molecule has 0 aliphatic heterocycles. The maximum absolute atomic E-state index is 6.13. The van der Waals surface area contributed by atoms with Gasteiger partial charge in [0.25, 0.3) is 0 Å². The molecular weight excluding hydrogens is 240 g/mol. The Morgan fingerprint density at radius 1 is 1.26 bits per heavy atom. The normalized spacial score (nSPS) is 12.5. The van der Waals surface area contributed by atoms with Gasteiger partial charge in [-0.3, -0.25) is 0 Å². The summed E-state index contributed by atoms with van der Waals surface area (Å²) in [6.07, 6.45) is 2.70. The highest BCUT2D eigenvalue weighted by molar-refractivity contribution is 5.67. The molecule has 0 saturated heterocycles. The highest BCUT2D eigenvalue weighted by Gasteiger charge is 2.17. The smallest absolute Gasteiger partial charge is 0.242 e. The van der Waals surface area contributed by atoms with Crippen molar-refractivity contribution < 1.29 is 4.74 Å². The molecule has 0 aromatic carbocycles. The SMILES string of the molecule is CCC(C)CN(CC)c1ncnc(OC(C)C)c1N. The van der Waals surface area contributed by atoms with Crippen LogP contribution in [-0.4, -0.2) is 29.2 Å². The molecule has 1 rings (SSSR count). The van der Waals surface area contributed by atoms with Gasteiger partial charge >= 0.3 is 0 Å². The van der Waals surface area contributed by atoms with E-state index in [2.05, 4.69) is 35.6 Å². The summed E-state index contributed by atoms with van der Waals surface area (Å²) in [5.74, 6) is 1.85. The van der Waals surface area contributed by atoms with Gasteiger partial charge in [-0.1, -0.05) is 20.3 Å². The van der Waals surface area contributed by atoms with Crippen molar-refractivity contribution in [1.29, 1.82) is 0 Å². The number of hydrogen-bond donors (Lipinski definition) is 1. The highest BCUT2D eigenvalue weighted by atomic mass is 16.5. The maximum Gasteiger partial charge on any atom is 0.242 e. The molecule has 1 unspecified atom stereocenters. The lowest BCUT2D eigenvalue weighted by molar-refractivity contribution is 0.234. The predicted molar refractivity (Wildman–Crippen MR) is 79.6 cm³/mol. The van der Waals surface area contributed by atoms with Crippen molar-refractivity contribution in [3.63, 3.8) is 0 Å². The van der Waals surface area contributed by atoms with Crippen LogP contribution in [0.25, 0.3) is 0 Å². The summed E-state index contributed by atoms with van der Waals surface area (Å²) in [6, 6.07) is 0. The maximum atomic E-state index is 6.13. The van der Waals surface area contributed by atoms with Crippen LogP contribution in [0.2, 0.25) is 0 Å². The first kappa shape index (κ1) is 15.5.